The summed E-state index contributed by atoms with van der Waals surface area (Å²) >= 11 is 0. The van der Waals surface area contributed by atoms with E-state index < -0.39 is 0 Å². The summed E-state index contributed by atoms with van der Waals surface area (Å²) in [4.78, 5) is 0. The second-order valence-electron chi connectivity index (χ2n) is 6.17. The molecule has 2 rings (SSSR count). The van der Waals surface area contributed by atoms with E-state index in [1.807, 2.05) is 30.5 Å². The minimum absolute atomic E-state index is 0.291. The molecule has 0 spiro atoms. The van der Waals surface area contributed by atoms with Crippen molar-refractivity contribution in [2.75, 3.05) is 5.32 Å². The van der Waals surface area contributed by atoms with Crippen LogP contribution in [0, 0.1) is 0 Å². The number of hydrogen-bond donors (Lipinski definition) is 1. The fraction of sp³-hybridized carbons (Fsp3) is 0.500. The molecule has 0 bridgehead atoms. The topological polar surface area (TPSA) is 30.5 Å². The zero-order valence-corrected chi connectivity index (χ0v) is 13.1. The molecule has 1 N–H and O–H groups in total. The van der Waals surface area contributed by atoms with E-state index in [0.29, 0.717) is 0 Å². The summed E-state index contributed by atoms with van der Waals surface area (Å²) < 4.78 is 12.1. The van der Waals surface area contributed by atoms with Gasteiger partial charge in [-0.2, -0.15) is 0 Å². The number of benzene rings is 1. The van der Waals surface area contributed by atoms with Crippen molar-refractivity contribution in [3.63, 3.8) is 0 Å². The summed E-state index contributed by atoms with van der Waals surface area (Å²) in [6.07, 6.45) is 5.07. The largest absolute Gasteiger partial charge is 0.494 e. The highest BCUT2D eigenvalue weighted by Gasteiger charge is 2.51. The monoisotopic (exact) mass is 273 g/mol. The first kappa shape index (κ1) is 15.1. The van der Waals surface area contributed by atoms with Gasteiger partial charge in [0.1, 0.15) is 0 Å². The van der Waals surface area contributed by atoms with E-state index in [1.165, 1.54) is 0 Å². The van der Waals surface area contributed by atoms with Gasteiger partial charge in [-0.3, -0.25) is 0 Å². The standard InChI is InChI=1S/C16H24BNO2/c1-6-7-12-18-14-10-8-13(9-11-14)17-19-15(2,3)16(4,5)20-17/h7-12,18H,6H2,1-5H3/b12-7-. The van der Waals surface area contributed by atoms with E-state index >= 15 is 0 Å². The van der Waals surface area contributed by atoms with Crippen LogP contribution in [0.2, 0.25) is 0 Å². The van der Waals surface area contributed by atoms with Gasteiger partial charge >= 0.3 is 7.12 Å². The molecule has 0 radical (unpaired) electrons. The maximum absolute atomic E-state index is 6.03. The van der Waals surface area contributed by atoms with Crippen molar-refractivity contribution < 1.29 is 9.31 Å². The molecule has 3 nitrogen and oxygen atoms in total. The molecule has 1 heterocycles. The highest BCUT2D eigenvalue weighted by molar-refractivity contribution is 6.62. The SMILES string of the molecule is CC/C=C\Nc1ccc(B2OC(C)(C)C(C)(C)O2)cc1. The van der Waals surface area contributed by atoms with Crippen molar-refractivity contribution in [1.29, 1.82) is 0 Å². The average molecular weight is 273 g/mol. The molecular formula is C16H24BNO2. The van der Waals surface area contributed by atoms with Crippen LogP contribution in [0.1, 0.15) is 41.0 Å². The molecule has 1 aliphatic heterocycles. The van der Waals surface area contributed by atoms with Crippen LogP contribution in [0.3, 0.4) is 0 Å². The number of rotatable bonds is 4. The molecule has 20 heavy (non-hydrogen) atoms. The Morgan fingerprint density at radius 2 is 1.60 bits per heavy atom. The van der Waals surface area contributed by atoms with Crippen LogP contribution in [-0.4, -0.2) is 18.3 Å². The second kappa shape index (κ2) is 5.62. The maximum Gasteiger partial charge on any atom is 0.494 e. The first-order valence-corrected chi connectivity index (χ1v) is 7.23. The van der Waals surface area contributed by atoms with E-state index in [9.17, 15) is 0 Å². The minimum atomic E-state index is -0.293. The molecule has 1 aromatic rings. The first-order valence-electron chi connectivity index (χ1n) is 7.23. The van der Waals surface area contributed by atoms with E-state index in [4.69, 9.17) is 9.31 Å². The molecule has 4 heteroatoms. The molecule has 0 aliphatic carbocycles. The van der Waals surface area contributed by atoms with Crippen molar-refractivity contribution in [3.05, 3.63) is 36.5 Å². The molecule has 108 valence electrons. The summed E-state index contributed by atoms with van der Waals surface area (Å²) in [7, 11) is -0.291. The minimum Gasteiger partial charge on any atom is -0.399 e. The Morgan fingerprint density at radius 3 is 2.10 bits per heavy atom. The van der Waals surface area contributed by atoms with Crippen LogP contribution in [0.15, 0.2) is 36.5 Å². The quantitative estimate of drug-likeness (QED) is 0.854. The molecule has 0 saturated carbocycles. The molecule has 1 fully saturated rings. The van der Waals surface area contributed by atoms with Gasteiger partial charge in [0.05, 0.1) is 11.2 Å². The molecule has 1 aliphatic rings. The third-order valence-corrected chi connectivity index (χ3v) is 4.04. The Hall–Kier alpha value is -1.26. The van der Waals surface area contributed by atoms with Gasteiger partial charge in [-0.25, -0.2) is 0 Å². The average Bonchev–Trinajstić information content (AvgIpc) is 2.60. The van der Waals surface area contributed by atoms with Crippen LogP contribution >= 0.6 is 0 Å². The molecule has 0 unspecified atom stereocenters. The highest BCUT2D eigenvalue weighted by atomic mass is 16.7. The van der Waals surface area contributed by atoms with Crippen LogP contribution < -0.4 is 10.8 Å². The van der Waals surface area contributed by atoms with E-state index in [2.05, 4.69) is 46.0 Å². The Morgan fingerprint density at radius 1 is 1.05 bits per heavy atom. The van der Waals surface area contributed by atoms with Crippen molar-refractivity contribution in [1.82, 2.24) is 0 Å². The zero-order chi connectivity index (χ0) is 14.8. The van der Waals surface area contributed by atoms with Crippen LogP contribution in [0.25, 0.3) is 0 Å². The zero-order valence-electron chi connectivity index (χ0n) is 13.1. The summed E-state index contributed by atoms with van der Waals surface area (Å²) in [5.41, 5.74) is 1.53. The van der Waals surface area contributed by atoms with Gasteiger partial charge in [0.2, 0.25) is 0 Å². The van der Waals surface area contributed by atoms with Crippen LogP contribution in [0.4, 0.5) is 5.69 Å². The maximum atomic E-state index is 6.03. The van der Waals surface area contributed by atoms with Gasteiger partial charge in [0.25, 0.3) is 0 Å². The fourth-order valence-electron chi connectivity index (χ4n) is 1.99. The van der Waals surface area contributed by atoms with Crippen LogP contribution in [0.5, 0.6) is 0 Å². The molecule has 0 atom stereocenters. The number of allylic oxidation sites excluding steroid dienone is 1. The summed E-state index contributed by atoms with van der Waals surface area (Å²) in [5.74, 6) is 0. The van der Waals surface area contributed by atoms with E-state index in [0.717, 1.165) is 17.6 Å². The predicted molar refractivity (Wildman–Crippen MR) is 85.2 cm³/mol. The van der Waals surface area contributed by atoms with Crippen molar-refractivity contribution >= 4 is 18.3 Å². The van der Waals surface area contributed by atoms with Gasteiger partial charge in [-0.1, -0.05) is 25.1 Å². The Balaban J connectivity index is 2.06. The van der Waals surface area contributed by atoms with Gasteiger partial charge in [0.15, 0.2) is 0 Å². The van der Waals surface area contributed by atoms with Gasteiger partial charge in [-0.15, -0.1) is 0 Å². The lowest BCUT2D eigenvalue weighted by atomic mass is 9.79. The van der Waals surface area contributed by atoms with Gasteiger partial charge in [0, 0.05) is 5.69 Å². The third-order valence-electron chi connectivity index (χ3n) is 4.04. The smallest absolute Gasteiger partial charge is 0.399 e. The van der Waals surface area contributed by atoms with Crippen molar-refractivity contribution in [3.8, 4) is 0 Å². The van der Waals surface area contributed by atoms with Gasteiger partial charge in [-0.05, 0) is 57.9 Å². The predicted octanol–water partition coefficient (Wildman–Crippen LogP) is 3.32. The molecule has 0 amide bonds. The lowest BCUT2D eigenvalue weighted by Gasteiger charge is -2.32. The number of hydrogen-bond acceptors (Lipinski definition) is 3. The summed E-state index contributed by atoms with van der Waals surface area (Å²) in [5, 5.41) is 3.23. The van der Waals surface area contributed by atoms with Crippen molar-refractivity contribution in [2.45, 2.75) is 52.2 Å². The Bertz CT molecular complexity index is 464. The fourth-order valence-corrected chi connectivity index (χ4v) is 1.99. The normalized spacial score (nSPS) is 20.6. The Kier molecular flexibility index (Phi) is 4.26. The van der Waals surface area contributed by atoms with Crippen LogP contribution in [-0.2, 0) is 9.31 Å². The summed E-state index contributed by atoms with van der Waals surface area (Å²) in [6, 6.07) is 8.18. The second-order valence-corrected chi connectivity index (χ2v) is 6.17. The molecule has 1 aromatic carbocycles. The highest BCUT2D eigenvalue weighted by Crippen LogP contribution is 2.36. The Labute approximate surface area is 122 Å². The van der Waals surface area contributed by atoms with E-state index in [-0.39, 0.29) is 18.3 Å². The third kappa shape index (κ3) is 3.07. The lowest BCUT2D eigenvalue weighted by molar-refractivity contribution is 0.00578. The summed E-state index contributed by atoms with van der Waals surface area (Å²) in [6.45, 7) is 10.4. The lowest BCUT2D eigenvalue weighted by Crippen LogP contribution is -2.41. The molecule has 1 saturated heterocycles. The van der Waals surface area contributed by atoms with Gasteiger partial charge < -0.3 is 14.6 Å². The number of nitrogens with one attached hydrogen (secondary N) is 1. The number of anilines is 1. The molecular weight excluding hydrogens is 249 g/mol. The van der Waals surface area contributed by atoms with Crippen molar-refractivity contribution in [2.24, 2.45) is 0 Å². The first-order chi connectivity index (χ1) is 9.36. The van der Waals surface area contributed by atoms with E-state index in [1.54, 1.807) is 0 Å². The molecule has 0 aromatic heterocycles.